The van der Waals surface area contributed by atoms with E-state index in [0.29, 0.717) is 34.0 Å². The molecule has 2 fully saturated rings. The number of ether oxygens (including phenoxy) is 1. The number of nitrogens with one attached hydrogen (secondary N) is 3. The SMILES string of the molecule is O=C(NC1CC1)c1ccc(-c2cc3nc[nH]c(=O)c3c(Nc3ccc(N4CCOCC4)cc3)n2)cc1. The number of carbonyl (C=O) groups excluding carboxylic acids is 1. The second-order valence-electron chi connectivity index (χ2n) is 9.08. The lowest BCUT2D eigenvalue weighted by atomic mass is 10.1. The van der Waals surface area contributed by atoms with Crippen molar-refractivity contribution in [1.82, 2.24) is 20.3 Å². The van der Waals surface area contributed by atoms with Gasteiger partial charge in [-0.15, -0.1) is 0 Å². The topological polar surface area (TPSA) is 112 Å². The molecule has 36 heavy (non-hydrogen) atoms. The van der Waals surface area contributed by atoms with Gasteiger partial charge in [-0.1, -0.05) is 12.1 Å². The molecule has 0 unspecified atom stereocenters. The standard InChI is InChI=1S/C27H26N6O3/c34-26(31-20-5-6-20)18-3-1-17(2-4-18)22-15-23-24(27(35)29-16-28-23)25(32-22)30-19-7-9-21(10-8-19)33-11-13-36-14-12-33/h1-4,7-10,15-16,20H,5-6,11-14H2,(H,30,32)(H,31,34)(H,28,29,35). The number of pyridine rings is 1. The van der Waals surface area contributed by atoms with Gasteiger partial charge in [-0.2, -0.15) is 0 Å². The van der Waals surface area contributed by atoms with Crippen LogP contribution in [0.2, 0.25) is 0 Å². The fourth-order valence-corrected chi connectivity index (χ4v) is 4.33. The normalized spacial score (nSPS) is 15.6. The third-order valence-corrected chi connectivity index (χ3v) is 6.49. The van der Waals surface area contributed by atoms with Gasteiger partial charge in [-0.25, -0.2) is 9.97 Å². The Bertz CT molecular complexity index is 1460. The van der Waals surface area contributed by atoms with Crippen LogP contribution in [0, 0.1) is 0 Å². The Balaban J connectivity index is 1.30. The number of aromatic amines is 1. The summed E-state index contributed by atoms with van der Waals surface area (Å²) in [6.45, 7) is 3.18. The first-order valence-corrected chi connectivity index (χ1v) is 12.1. The number of benzene rings is 2. The summed E-state index contributed by atoms with van der Waals surface area (Å²) in [6, 6.07) is 17.5. The zero-order chi connectivity index (χ0) is 24.5. The number of carbonyl (C=O) groups is 1. The van der Waals surface area contributed by atoms with Gasteiger partial charge >= 0.3 is 0 Å². The minimum Gasteiger partial charge on any atom is -0.378 e. The number of hydrogen-bond acceptors (Lipinski definition) is 7. The highest BCUT2D eigenvalue weighted by atomic mass is 16.5. The molecule has 1 saturated carbocycles. The van der Waals surface area contributed by atoms with Gasteiger partial charge in [0.15, 0.2) is 0 Å². The van der Waals surface area contributed by atoms with Gasteiger partial charge in [0.2, 0.25) is 0 Å². The van der Waals surface area contributed by atoms with E-state index < -0.39 is 0 Å². The van der Waals surface area contributed by atoms with E-state index in [9.17, 15) is 9.59 Å². The molecule has 1 amide bonds. The largest absolute Gasteiger partial charge is 0.378 e. The molecule has 2 aliphatic rings. The Labute approximate surface area is 207 Å². The molecule has 2 aromatic carbocycles. The Morgan fingerprint density at radius 1 is 1.03 bits per heavy atom. The van der Waals surface area contributed by atoms with Crippen LogP contribution in [0.4, 0.5) is 17.2 Å². The van der Waals surface area contributed by atoms with Crippen molar-refractivity contribution in [3.63, 3.8) is 0 Å². The van der Waals surface area contributed by atoms with Crippen LogP contribution in [0.3, 0.4) is 0 Å². The molecule has 0 spiro atoms. The van der Waals surface area contributed by atoms with Crippen molar-refractivity contribution in [2.45, 2.75) is 18.9 Å². The van der Waals surface area contributed by atoms with Gasteiger partial charge in [-0.3, -0.25) is 9.59 Å². The van der Waals surface area contributed by atoms with Crippen LogP contribution in [-0.2, 0) is 4.74 Å². The highest BCUT2D eigenvalue weighted by Crippen LogP contribution is 2.28. The highest BCUT2D eigenvalue weighted by molar-refractivity contribution is 5.96. The number of hydrogen-bond donors (Lipinski definition) is 3. The molecule has 3 N–H and O–H groups in total. The highest BCUT2D eigenvalue weighted by Gasteiger charge is 2.23. The molecular weight excluding hydrogens is 456 g/mol. The lowest BCUT2D eigenvalue weighted by Crippen LogP contribution is -2.36. The summed E-state index contributed by atoms with van der Waals surface area (Å²) in [4.78, 5) is 39.1. The predicted octanol–water partition coefficient (Wildman–Crippen LogP) is 3.46. The molecule has 9 nitrogen and oxygen atoms in total. The van der Waals surface area contributed by atoms with E-state index in [0.717, 1.165) is 56.1 Å². The first kappa shape index (κ1) is 22.2. The molecule has 1 saturated heterocycles. The van der Waals surface area contributed by atoms with E-state index in [-0.39, 0.29) is 11.5 Å². The van der Waals surface area contributed by atoms with Gasteiger partial charge < -0.3 is 25.3 Å². The number of aromatic nitrogens is 3. The van der Waals surface area contributed by atoms with E-state index in [1.165, 1.54) is 6.33 Å². The summed E-state index contributed by atoms with van der Waals surface area (Å²) >= 11 is 0. The van der Waals surface area contributed by atoms with Crippen molar-refractivity contribution in [2.24, 2.45) is 0 Å². The van der Waals surface area contributed by atoms with Crippen molar-refractivity contribution in [1.29, 1.82) is 0 Å². The molecule has 6 rings (SSSR count). The first-order valence-electron chi connectivity index (χ1n) is 12.1. The Morgan fingerprint density at radius 3 is 2.50 bits per heavy atom. The van der Waals surface area contributed by atoms with Gasteiger partial charge in [-0.05, 0) is 55.3 Å². The third-order valence-electron chi connectivity index (χ3n) is 6.49. The Kier molecular flexibility index (Phi) is 5.82. The number of H-pyrrole nitrogens is 1. The van der Waals surface area contributed by atoms with Gasteiger partial charge in [0.1, 0.15) is 11.2 Å². The molecule has 0 radical (unpaired) electrons. The molecule has 4 aromatic rings. The summed E-state index contributed by atoms with van der Waals surface area (Å²) in [5, 5.41) is 6.69. The molecular formula is C27H26N6O3. The predicted molar refractivity (Wildman–Crippen MR) is 139 cm³/mol. The van der Waals surface area contributed by atoms with Crippen LogP contribution >= 0.6 is 0 Å². The number of rotatable bonds is 6. The van der Waals surface area contributed by atoms with Crippen molar-refractivity contribution in [3.8, 4) is 11.3 Å². The van der Waals surface area contributed by atoms with Crippen LogP contribution in [0.15, 0.2) is 65.7 Å². The fourth-order valence-electron chi connectivity index (χ4n) is 4.33. The number of amides is 1. The lowest BCUT2D eigenvalue weighted by molar-refractivity contribution is 0.0951. The Morgan fingerprint density at radius 2 is 1.78 bits per heavy atom. The zero-order valence-electron chi connectivity index (χ0n) is 19.7. The second-order valence-corrected chi connectivity index (χ2v) is 9.08. The van der Waals surface area contributed by atoms with Crippen LogP contribution in [-0.4, -0.2) is 53.2 Å². The molecule has 1 aliphatic heterocycles. The van der Waals surface area contributed by atoms with Crippen LogP contribution in [0.5, 0.6) is 0 Å². The summed E-state index contributed by atoms with van der Waals surface area (Å²) < 4.78 is 5.44. The van der Waals surface area contributed by atoms with E-state index in [4.69, 9.17) is 9.72 Å². The number of anilines is 3. The maximum atomic E-state index is 12.7. The zero-order valence-corrected chi connectivity index (χ0v) is 19.7. The smallest absolute Gasteiger partial charge is 0.262 e. The van der Waals surface area contributed by atoms with Gasteiger partial charge in [0.25, 0.3) is 11.5 Å². The van der Waals surface area contributed by atoms with Crippen molar-refractivity contribution < 1.29 is 9.53 Å². The van der Waals surface area contributed by atoms with E-state index in [2.05, 4.69) is 25.5 Å². The van der Waals surface area contributed by atoms with Crippen molar-refractivity contribution in [3.05, 3.63) is 76.8 Å². The fraction of sp³-hybridized carbons (Fsp3) is 0.259. The molecule has 1 aliphatic carbocycles. The van der Waals surface area contributed by atoms with Crippen LogP contribution < -0.4 is 21.1 Å². The summed E-state index contributed by atoms with van der Waals surface area (Å²) in [6.07, 6.45) is 3.48. The number of fused-ring (bicyclic) bond motifs is 1. The maximum absolute atomic E-state index is 12.7. The van der Waals surface area contributed by atoms with Crippen molar-refractivity contribution in [2.75, 3.05) is 36.5 Å². The van der Waals surface area contributed by atoms with Gasteiger partial charge in [0, 0.05) is 41.6 Å². The summed E-state index contributed by atoms with van der Waals surface area (Å²) in [5.41, 5.74) is 4.30. The Hall–Kier alpha value is -4.24. The van der Waals surface area contributed by atoms with Gasteiger partial charge in [0.05, 0.1) is 30.8 Å². The van der Waals surface area contributed by atoms with Crippen molar-refractivity contribution >= 4 is 34.0 Å². The summed E-state index contributed by atoms with van der Waals surface area (Å²) in [5.74, 6) is 0.359. The molecule has 0 atom stereocenters. The lowest BCUT2D eigenvalue weighted by Gasteiger charge is -2.28. The first-order chi connectivity index (χ1) is 17.6. The average Bonchev–Trinajstić information content (AvgIpc) is 3.74. The van der Waals surface area contributed by atoms with E-state index >= 15 is 0 Å². The average molecular weight is 483 g/mol. The molecule has 2 aromatic heterocycles. The number of morpholine rings is 1. The van der Waals surface area contributed by atoms with E-state index in [1.54, 1.807) is 18.2 Å². The quantitative estimate of drug-likeness (QED) is 0.386. The van der Waals surface area contributed by atoms with Crippen LogP contribution in [0.1, 0.15) is 23.2 Å². The molecule has 9 heteroatoms. The van der Waals surface area contributed by atoms with Crippen LogP contribution in [0.25, 0.3) is 22.2 Å². The minimum atomic E-state index is -0.265. The monoisotopic (exact) mass is 482 g/mol. The second kappa shape index (κ2) is 9.43. The minimum absolute atomic E-state index is 0.0633. The van der Waals surface area contributed by atoms with E-state index in [1.807, 2.05) is 36.4 Å². The molecule has 0 bridgehead atoms. The molecule has 182 valence electrons. The molecule has 3 heterocycles. The summed E-state index contributed by atoms with van der Waals surface area (Å²) in [7, 11) is 0. The number of nitrogens with zero attached hydrogens (tertiary/aromatic N) is 3. The third kappa shape index (κ3) is 4.65. The maximum Gasteiger partial charge on any atom is 0.262 e.